The molecular weight excluding hydrogens is 326 g/mol. The van der Waals surface area contributed by atoms with Crippen LogP contribution in [-0.2, 0) is 0 Å². The van der Waals surface area contributed by atoms with Gasteiger partial charge in [-0.1, -0.05) is 36.4 Å². The van der Waals surface area contributed by atoms with Gasteiger partial charge in [-0.3, -0.25) is 0 Å². The normalized spacial score (nSPS) is 11.6. The molecular formula is C21H13N3O2. The number of nitrogen functional groups attached to an aromatic ring is 1. The van der Waals surface area contributed by atoms with Crippen molar-refractivity contribution in [2.75, 3.05) is 12.5 Å². The van der Waals surface area contributed by atoms with Gasteiger partial charge >= 0.3 is 0 Å². The van der Waals surface area contributed by atoms with Crippen LogP contribution in [0.25, 0.3) is 22.3 Å². The van der Waals surface area contributed by atoms with Crippen molar-refractivity contribution < 1.29 is 9.47 Å². The van der Waals surface area contributed by atoms with Crippen LogP contribution >= 0.6 is 0 Å². The lowest BCUT2D eigenvalue weighted by Gasteiger charge is -2.14. The third-order valence-corrected chi connectivity index (χ3v) is 4.36. The van der Waals surface area contributed by atoms with E-state index in [1.54, 1.807) is 6.07 Å². The van der Waals surface area contributed by atoms with Crippen molar-refractivity contribution in [3.05, 3.63) is 65.7 Å². The fourth-order valence-electron chi connectivity index (χ4n) is 3.08. The number of benzene rings is 3. The fraction of sp³-hybridized carbons (Fsp3) is 0.0476. The molecule has 5 nitrogen and oxygen atoms in total. The Bertz CT molecular complexity index is 1090. The van der Waals surface area contributed by atoms with Gasteiger partial charge in [-0.2, -0.15) is 10.5 Å². The molecule has 0 amide bonds. The molecule has 1 heterocycles. The lowest BCUT2D eigenvalue weighted by Crippen LogP contribution is -2.00. The van der Waals surface area contributed by atoms with E-state index < -0.39 is 0 Å². The largest absolute Gasteiger partial charge is 0.454 e. The van der Waals surface area contributed by atoms with Crippen molar-refractivity contribution >= 4 is 5.69 Å². The van der Waals surface area contributed by atoms with Gasteiger partial charge in [0.15, 0.2) is 11.5 Å². The van der Waals surface area contributed by atoms with E-state index in [4.69, 9.17) is 15.2 Å². The molecule has 0 radical (unpaired) electrons. The highest BCUT2D eigenvalue weighted by Gasteiger charge is 2.20. The van der Waals surface area contributed by atoms with Crippen molar-refractivity contribution in [3.8, 4) is 45.9 Å². The Balaban J connectivity index is 1.99. The van der Waals surface area contributed by atoms with E-state index in [9.17, 15) is 10.5 Å². The minimum absolute atomic E-state index is 0.175. The lowest BCUT2D eigenvalue weighted by molar-refractivity contribution is 0.174. The molecule has 0 unspecified atom stereocenters. The van der Waals surface area contributed by atoms with E-state index in [1.807, 2.05) is 48.5 Å². The molecule has 26 heavy (non-hydrogen) atoms. The first-order valence-corrected chi connectivity index (χ1v) is 7.95. The zero-order chi connectivity index (χ0) is 18.1. The Morgan fingerprint density at radius 2 is 1.42 bits per heavy atom. The first-order chi connectivity index (χ1) is 12.7. The number of anilines is 1. The zero-order valence-electron chi connectivity index (χ0n) is 13.7. The molecule has 0 aliphatic carbocycles. The Morgan fingerprint density at radius 3 is 2.12 bits per heavy atom. The first-order valence-electron chi connectivity index (χ1n) is 7.95. The van der Waals surface area contributed by atoms with Gasteiger partial charge in [0, 0.05) is 11.1 Å². The van der Waals surface area contributed by atoms with Crippen molar-refractivity contribution in [1.29, 1.82) is 10.5 Å². The molecule has 0 fully saturated rings. The quantitative estimate of drug-likeness (QED) is 0.710. The summed E-state index contributed by atoms with van der Waals surface area (Å²) in [5.74, 6) is 1.28. The maximum atomic E-state index is 9.64. The second kappa shape index (κ2) is 6.16. The molecule has 1 aliphatic heterocycles. The third kappa shape index (κ3) is 2.40. The highest BCUT2D eigenvalue weighted by atomic mass is 16.7. The number of hydrogen-bond acceptors (Lipinski definition) is 5. The van der Waals surface area contributed by atoms with Gasteiger partial charge in [0.05, 0.1) is 16.8 Å². The Kier molecular flexibility index (Phi) is 3.69. The van der Waals surface area contributed by atoms with Crippen molar-refractivity contribution in [2.45, 2.75) is 0 Å². The van der Waals surface area contributed by atoms with E-state index in [0.717, 1.165) is 11.1 Å². The third-order valence-electron chi connectivity index (χ3n) is 4.36. The highest BCUT2D eigenvalue weighted by molar-refractivity contribution is 5.89. The first kappa shape index (κ1) is 15.6. The van der Waals surface area contributed by atoms with Gasteiger partial charge in [-0.15, -0.1) is 0 Å². The van der Waals surface area contributed by atoms with Crippen LogP contribution in [0.1, 0.15) is 11.1 Å². The molecule has 0 bridgehead atoms. The number of rotatable bonds is 2. The highest BCUT2D eigenvalue weighted by Crippen LogP contribution is 2.41. The predicted octanol–water partition coefficient (Wildman–Crippen LogP) is 4.07. The van der Waals surface area contributed by atoms with Crippen LogP contribution in [0.15, 0.2) is 54.6 Å². The van der Waals surface area contributed by atoms with Crippen LogP contribution in [-0.4, -0.2) is 6.79 Å². The second-order valence-corrected chi connectivity index (χ2v) is 5.79. The Hall–Kier alpha value is -3.96. The van der Waals surface area contributed by atoms with Crippen molar-refractivity contribution in [3.63, 3.8) is 0 Å². The lowest BCUT2D eigenvalue weighted by atomic mass is 9.89. The molecule has 5 heteroatoms. The van der Waals surface area contributed by atoms with Crippen LogP contribution in [0.5, 0.6) is 11.5 Å². The number of ether oxygens (including phenoxy) is 2. The fourth-order valence-corrected chi connectivity index (χ4v) is 3.08. The molecule has 4 rings (SSSR count). The van der Waals surface area contributed by atoms with E-state index in [-0.39, 0.29) is 18.0 Å². The van der Waals surface area contributed by atoms with Gasteiger partial charge in [-0.25, -0.2) is 0 Å². The summed E-state index contributed by atoms with van der Waals surface area (Å²) in [5.41, 5.74) is 9.94. The van der Waals surface area contributed by atoms with Gasteiger partial charge in [-0.05, 0) is 29.3 Å². The molecule has 3 aromatic carbocycles. The molecule has 0 atom stereocenters. The summed E-state index contributed by atoms with van der Waals surface area (Å²) in [5, 5.41) is 19.2. The van der Waals surface area contributed by atoms with E-state index >= 15 is 0 Å². The number of nitriles is 2. The number of fused-ring (bicyclic) bond motifs is 1. The summed E-state index contributed by atoms with van der Waals surface area (Å²) in [6.45, 7) is 0.175. The molecule has 1 aliphatic rings. The topological polar surface area (TPSA) is 92.1 Å². The molecule has 0 saturated carbocycles. The maximum absolute atomic E-state index is 9.64. The Labute approximate surface area is 150 Å². The van der Waals surface area contributed by atoms with Gasteiger partial charge in [0.1, 0.15) is 12.1 Å². The summed E-state index contributed by atoms with van der Waals surface area (Å²) in [6.07, 6.45) is 0. The standard InChI is InChI=1S/C21H13N3O2/c22-10-17-15(13-4-2-1-3-5-13)9-16(18(11-23)21(17)24)14-6-7-19-20(8-14)26-12-25-19/h1-9H,12,24H2. The van der Waals surface area contributed by atoms with Gasteiger partial charge in [0.2, 0.25) is 6.79 Å². The minimum Gasteiger partial charge on any atom is -0.454 e. The summed E-state index contributed by atoms with van der Waals surface area (Å²) >= 11 is 0. The summed E-state index contributed by atoms with van der Waals surface area (Å²) < 4.78 is 10.8. The van der Waals surface area contributed by atoms with Crippen LogP contribution in [0.4, 0.5) is 5.69 Å². The number of nitrogens with zero attached hydrogens (tertiary/aromatic N) is 2. The van der Waals surface area contributed by atoms with Crippen LogP contribution < -0.4 is 15.2 Å². The summed E-state index contributed by atoms with van der Waals surface area (Å²) in [7, 11) is 0. The van der Waals surface area contributed by atoms with Crippen LogP contribution in [0.2, 0.25) is 0 Å². The van der Waals surface area contributed by atoms with Crippen molar-refractivity contribution in [2.24, 2.45) is 0 Å². The van der Waals surface area contributed by atoms with Crippen molar-refractivity contribution in [1.82, 2.24) is 0 Å². The van der Waals surface area contributed by atoms with Crippen LogP contribution in [0, 0.1) is 22.7 Å². The number of nitrogens with two attached hydrogens (primary N) is 1. The number of hydrogen-bond donors (Lipinski definition) is 1. The molecule has 0 spiro atoms. The SMILES string of the molecule is N#Cc1c(-c2ccccc2)cc(-c2ccc3c(c2)OCO3)c(C#N)c1N. The van der Waals surface area contributed by atoms with E-state index in [0.29, 0.717) is 28.2 Å². The van der Waals surface area contributed by atoms with E-state index in [2.05, 4.69) is 12.1 Å². The molecule has 2 N–H and O–H groups in total. The smallest absolute Gasteiger partial charge is 0.231 e. The predicted molar refractivity (Wildman–Crippen MR) is 97.3 cm³/mol. The summed E-state index contributed by atoms with van der Waals surface area (Å²) in [4.78, 5) is 0. The Morgan fingerprint density at radius 1 is 0.769 bits per heavy atom. The second-order valence-electron chi connectivity index (χ2n) is 5.79. The van der Waals surface area contributed by atoms with Crippen LogP contribution in [0.3, 0.4) is 0 Å². The average Bonchev–Trinajstić information content (AvgIpc) is 3.15. The molecule has 0 saturated heterocycles. The summed E-state index contributed by atoms with van der Waals surface area (Å²) in [6, 6.07) is 21.1. The molecule has 0 aromatic heterocycles. The van der Waals surface area contributed by atoms with Gasteiger partial charge in [0.25, 0.3) is 0 Å². The minimum atomic E-state index is 0.175. The maximum Gasteiger partial charge on any atom is 0.231 e. The molecule has 124 valence electrons. The van der Waals surface area contributed by atoms with Gasteiger partial charge < -0.3 is 15.2 Å². The van der Waals surface area contributed by atoms with E-state index in [1.165, 1.54) is 0 Å². The average molecular weight is 339 g/mol. The molecule has 3 aromatic rings. The monoisotopic (exact) mass is 339 g/mol. The zero-order valence-corrected chi connectivity index (χ0v) is 13.7.